The molecule has 2 amide bonds. The van der Waals surface area contributed by atoms with Crippen molar-refractivity contribution in [1.82, 2.24) is 20.9 Å². The number of nitrogens with zero attached hydrogens (tertiary/aromatic N) is 1. The summed E-state index contributed by atoms with van der Waals surface area (Å²) in [5.74, 6) is -0.668. The highest BCUT2D eigenvalue weighted by molar-refractivity contribution is 7.09. The molecular formula is C23H27F3N4O3S. The Morgan fingerprint density at radius 1 is 1.24 bits per heavy atom. The van der Waals surface area contributed by atoms with Crippen molar-refractivity contribution >= 4 is 23.2 Å². The van der Waals surface area contributed by atoms with Crippen LogP contribution in [0.4, 0.5) is 13.2 Å². The second-order valence-corrected chi connectivity index (χ2v) is 9.80. The van der Waals surface area contributed by atoms with Crippen molar-refractivity contribution in [2.75, 3.05) is 19.6 Å². The van der Waals surface area contributed by atoms with Gasteiger partial charge in [-0.2, -0.15) is 13.2 Å². The van der Waals surface area contributed by atoms with Gasteiger partial charge in [-0.05, 0) is 49.3 Å². The summed E-state index contributed by atoms with van der Waals surface area (Å²) < 4.78 is 38.6. The summed E-state index contributed by atoms with van der Waals surface area (Å²) >= 11 is 1.54. The van der Waals surface area contributed by atoms with Crippen LogP contribution >= 0.6 is 11.3 Å². The molecule has 5 atom stereocenters. The van der Waals surface area contributed by atoms with Crippen molar-refractivity contribution in [3.8, 4) is 0 Å². The van der Waals surface area contributed by atoms with Gasteiger partial charge in [0, 0.05) is 42.2 Å². The van der Waals surface area contributed by atoms with Gasteiger partial charge in [0.05, 0.1) is 23.2 Å². The van der Waals surface area contributed by atoms with Crippen molar-refractivity contribution in [3.05, 3.63) is 52.0 Å². The van der Waals surface area contributed by atoms with Gasteiger partial charge in [0.15, 0.2) is 0 Å². The molecule has 184 valence electrons. The number of carbonyl (C=O) groups is 2. The highest BCUT2D eigenvalue weighted by Gasteiger charge is 2.40. The topological polar surface area (TPSA) is 103 Å². The number of alkyl halides is 3. The van der Waals surface area contributed by atoms with E-state index in [4.69, 9.17) is 0 Å². The molecule has 0 bridgehead atoms. The van der Waals surface area contributed by atoms with Gasteiger partial charge in [-0.1, -0.05) is 6.07 Å². The molecule has 34 heavy (non-hydrogen) atoms. The van der Waals surface area contributed by atoms with Gasteiger partial charge in [0.2, 0.25) is 5.91 Å². The molecule has 4 rings (SSSR count). The first-order chi connectivity index (χ1) is 16.2. The third-order valence-corrected chi connectivity index (χ3v) is 7.61. The van der Waals surface area contributed by atoms with E-state index in [1.165, 1.54) is 17.4 Å². The molecule has 0 spiro atoms. The first-order valence-electron chi connectivity index (χ1n) is 11.3. The number of hydrogen-bond donors (Lipinski definition) is 4. The number of rotatable bonds is 6. The average molecular weight is 497 g/mol. The molecule has 0 radical (unpaired) electrons. The smallest absolute Gasteiger partial charge is 0.392 e. The monoisotopic (exact) mass is 496 g/mol. The molecule has 7 nitrogen and oxygen atoms in total. The van der Waals surface area contributed by atoms with E-state index >= 15 is 0 Å². The van der Waals surface area contributed by atoms with Crippen molar-refractivity contribution in [2.45, 2.75) is 43.5 Å². The standard InChI is InChI=1S/C23H27F3N4O3S/c24-23(25,26)15-3-1-2-14(8-15)21(33)29-12-20(32)30-18-11-27-10-17(18)13-4-5-19(31)16(9-13)22-28-6-7-34-22/h1-3,6-8,13,16-19,27,31H,4-5,9-12H2,(H,29,33)(H,30,32)/t13?,16?,17?,18-,19?/m0/s1. The van der Waals surface area contributed by atoms with E-state index in [1.807, 2.05) is 5.38 Å². The van der Waals surface area contributed by atoms with Crippen molar-refractivity contribution in [2.24, 2.45) is 11.8 Å². The van der Waals surface area contributed by atoms with E-state index in [1.54, 1.807) is 6.20 Å². The molecule has 1 aromatic heterocycles. The molecule has 1 saturated heterocycles. The van der Waals surface area contributed by atoms with Crippen LogP contribution in [0.3, 0.4) is 0 Å². The fraction of sp³-hybridized carbons (Fsp3) is 0.522. The van der Waals surface area contributed by atoms with Crippen LogP contribution < -0.4 is 16.0 Å². The molecule has 2 fully saturated rings. The maximum Gasteiger partial charge on any atom is 0.416 e. The molecule has 4 N–H and O–H groups in total. The van der Waals surface area contributed by atoms with E-state index < -0.39 is 29.7 Å². The van der Waals surface area contributed by atoms with Crippen LogP contribution in [-0.4, -0.2) is 53.7 Å². The second-order valence-electron chi connectivity index (χ2n) is 8.87. The molecule has 2 heterocycles. The number of thiazole rings is 1. The molecule has 1 aliphatic heterocycles. The van der Waals surface area contributed by atoms with Crippen LogP contribution in [0.1, 0.15) is 46.1 Å². The minimum atomic E-state index is -4.55. The third kappa shape index (κ3) is 5.76. The number of halogens is 3. The van der Waals surface area contributed by atoms with Crippen molar-refractivity contribution in [1.29, 1.82) is 0 Å². The Balaban J connectivity index is 1.31. The predicted octanol–water partition coefficient (Wildman–Crippen LogP) is 2.54. The van der Waals surface area contributed by atoms with E-state index in [2.05, 4.69) is 20.9 Å². The molecular weight excluding hydrogens is 469 g/mol. The zero-order chi connectivity index (χ0) is 24.3. The summed E-state index contributed by atoms with van der Waals surface area (Å²) in [5.41, 5.74) is -1.07. The first-order valence-corrected chi connectivity index (χ1v) is 12.1. The summed E-state index contributed by atoms with van der Waals surface area (Å²) in [5, 5.41) is 22.0. The second kappa shape index (κ2) is 10.4. The van der Waals surface area contributed by atoms with Crippen LogP contribution in [-0.2, 0) is 11.0 Å². The predicted molar refractivity (Wildman–Crippen MR) is 120 cm³/mol. The molecule has 11 heteroatoms. The normalized spacial score (nSPS) is 27.4. The third-order valence-electron chi connectivity index (χ3n) is 6.70. The number of hydrogen-bond acceptors (Lipinski definition) is 6. The molecule has 2 aliphatic rings. The lowest BCUT2D eigenvalue weighted by molar-refractivity contribution is -0.137. The lowest BCUT2D eigenvalue weighted by Crippen LogP contribution is -2.47. The van der Waals surface area contributed by atoms with Crippen LogP contribution in [0.5, 0.6) is 0 Å². The Morgan fingerprint density at radius 2 is 2.06 bits per heavy atom. The number of aliphatic hydroxyl groups excluding tert-OH is 1. The van der Waals surface area contributed by atoms with Crippen molar-refractivity contribution < 1.29 is 27.9 Å². The summed E-state index contributed by atoms with van der Waals surface area (Å²) in [6.45, 7) is 1.01. The van der Waals surface area contributed by atoms with Crippen LogP contribution in [0.2, 0.25) is 0 Å². The Morgan fingerprint density at radius 3 is 2.79 bits per heavy atom. The molecule has 1 saturated carbocycles. The Bertz CT molecular complexity index is 1000. The molecule has 1 aliphatic carbocycles. The van der Waals surface area contributed by atoms with Gasteiger partial charge in [0.1, 0.15) is 0 Å². The largest absolute Gasteiger partial charge is 0.416 e. The molecule has 1 aromatic carbocycles. The van der Waals surface area contributed by atoms with Gasteiger partial charge >= 0.3 is 6.18 Å². The van der Waals surface area contributed by atoms with Gasteiger partial charge < -0.3 is 21.1 Å². The fourth-order valence-electron chi connectivity index (χ4n) is 4.97. The Labute approximate surface area is 199 Å². The maximum atomic E-state index is 12.9. The highest BCUT2D eigenvalue weighted by Crippen LogP contribution is 2.41. The number of carbonyl (C=O) groups excluding carboxylic acids is 2. The SMILES string of the molecule is O=C(CNC(=O)c1cccc(C(F)(F)F)c1)N[C@H]1CNCC1C1CCC(O)C(c2nccs2)C1. The van der Waals surface area contributed by atoms with Gasteiger partial charge in [-0.15, -0.1) is 11.3 Å². The summed E-state index contributed by atoms with van der Waals surface area (Å²) in [7, 11) is 0. The number of benzene rings is 1. The zero-order valence-corrected chi connectivity index (χ0v) is 19.2. The summed E-state index contributed by atoms with van der Waals surface area (Å²) in [4.78, 5) is 29.1. The molecule has 4 unspecified atom stereocenters. The van der Waals surface area contributed by atoms with E-state index in [0.717, 1.165) is 42.6 Å². The fourth-order valence-corrected chi connectivity index (χ4v) is 5.78. The van der Waals surface area contributed by atoms with E-state index in [-0.39, 0.29) is 30.0 Å². The van der Waals surface area contributed by atoms with Gasteiger partial charge in [-0.25, -0.2) is 4.98 Å². The Kier molecular flexibility index (Phi) is 7.54. The minimum Gasteiger partial charge on any atom is -0.392 e. The zero-order valence-electron chi connectivity index (χ0n) is 18.3. The number of nitrogens with one attached hydrogen (secondary N) is 3. The number of aliphatic hydroxyl groups is 1. The van der Waals surface area contributed by atoms with Crippen LogP contribution in [0.15, 0.2) is 35.8 Å². The quantitative estimate of drug-likeness (QED) is 0.492. The minimum absolute atomic E-state index is 0.0116. The lowest BCUT2D eigenvalue weighted by atomic mass is 9.72. The molecule has 2 aromatic rings. The number of amides is 2. The number of aromatic nitrogens is 1. The highest BCUT2D eigenvalue weighted by atomic mass is 32.1. The average Bonchev–Trinajstić information content (AvgIpc) is 3.50. The summed E-state index contributed by atoms with van der Waals surface area (Å²) in [6.07, 6.45) is -0.904. The lowest BCUT2D eigenvalue weighted by Gasteiger charge is -2.37. The maximum absolute atomic E-state index is 12.9. The Hall–Kier alpha value is -2.50. The van der Waals surface area contributed by atoms with Gasteiger partial charge in [0.25, 0.3) is 5.91 Å². The van der Waals surface area contributed by atoms with Crippen LogP contribution in [0, 0.1) is 11.8 Å². The first kappa shape index (κ1) is 24.6. The van der Waals surface area contributed by atoms with E-state index in [9.17, 15) is 27.9 Å². The van der Waals surface area contributed by atoms with Gasteiger partial charge in [-0.3, -0.25) is 9.59 Å². The van der Waals surface area contributed by atoms with E-state index in [0.29, 0.717) is 18.9 Å². The van der Waals surface area contributed by atoms with Crippen molar-refractivity contribution in [3.63, 3.8) is 0 Å². The summed E-state index contributed by atoms with van der Waals surface area (Å²) in [6, 6.07) is 3.96. The van der Waals surface area contributed by atoms with Crippen LogP contribution in [0.25, 0.3) is 0 Å².